The number of aliphatic hydroxyl groups is 1. The molecule has 1 aromatic carbocycles. The number of ether oxygens (including phenoxy) is 1. The van der Waals surface area contributed by atoms with E-state index in [9.17, 15) is 5.11 Å². The molecule has 1 aromatic rings. The van der Waals surface area contributed by atoms with Gasteiger partial charge in [0, 0.05) is 44.3 Å². The molecule has 2 aliphatic heterocycles. The fourth-order valence-corrected chi connectivity index (χ4v) is 4.57. The topological polar surface area (TPSA) is 69.1 Å². The molecular formula is C24H41IN4O2. The zero-order chi connectivity index (χ0) is 21.2. The molecule has 0 spiro atoms. The van der Waals surface area contributed by atoms with Crippen LogP contribution in [-0.2, 0) is 17.8 Å². The van der Waals surface area contributed by atoms with Crippen molar-refractivity contribution in [1.82, 2.24) is 15.5 Å². The lowest BCUT2D eigenvalue weighted by Gasteiger charge is -2.33. The van der Waals surface area contributed by atoms with Crippen molar-refractivity contribution in [2.45, 2.75) is 65.1 Å². The Morgan fingerprint density at radius 2 is 2.06 bits per heavy atom. The smallest absolute Gasteiger partial charge is 0.191 e. The van der Waals surface area contributed by atoms with Crippen molar-refractivity contribution in [3.63, 3.8) is 0 Å². The molecule has 6 nitrogen and oxygen atoms in total. The molecule has 2 fully saturated rings. The van der Waals surface area contributed by atoms with Crippen LogP contribution in [0.25, 0.3) is 0 Å². The summed E-state index contributed by atoms with van der Waals surface area (Å²) in [4.78, 5) is 7.49. The highest BCUT2D eigenvalue weighted by Crippen LogP contribution is 2.31. The number of halogens is 1. The van der Waals surface area contributed by atoms with E-state index in [1.54, 1.807) is 0 Å². The number of piperidine rings is 1. The molecule has 0 aromatic heterocycles. The Bertz CT molecular complexity index is 679. The molecule has 7 heteroatoms. The number of rotatable bonds is 9. The number of hydrogen-bond donors (Lipinski definition) is 3. The molecule has 0 aliphatic carbocycles. The lowest BCUT2D eigenvalue weighted by atomic mass is 9.84. The van der Waals surface area contributed by atoms with Gasteiger partial charge in [-0.2, -0.15) is 0 Å². The molecule has 0 bridgehead atoms. The van der Waals surface area contributed by atoms with E-state index in [1.165, 1.54) is 36.9 Å². The third kappa shape index (κ3) is 7.87. The Labute approximate surface area is 205 Å². The van der Waals surface area contributed by atoms with Crippen molar-refractivity contribution in [1.29, 1.82) is 0 Å². The minimum Gasteiger partial charge on any atom is -0.396 e. The van der Waals surface area contributed by atoms with Crippen LogP contribution in [0.3, 0.4) is 0 Å². The predicted octanol–water partition coefficient (Wildman–Crippen LogP) is 3.52. The van der Waals surface area contributed by atoms with Gasteiger partial charge < -0.3 is 20.5 Å². The second-order valence-corrected chi connectivity index (χ2v) is 8.91. The summed E-state index contributed by atoms with van der Waals surface area (Å²) in [7, 11) is 0. The summed E-state index contributed by atoms with van der Waals surface area (Å²) in [6.07, 6.45) is 5.70. The Morgan fingerprint density at radius 1 is 1.26 bits per heavy atom. The number of aliphatic hydroxyl groups excluding tert-OH is 1. The molecule has 31 heavy (non-hydrogen) atoms. The van der Waals surface area contributed by atoms with Crippen LogP contribution in [0, 0.1) is 5.41 Å². The molecule has 2 unspecified atom stereocenters. The number of benzene rings is 1. The van der Waals surface area contributed by atoms with Gasteiger partial charge in [-0.05, 0) is 57.2 Å². The molecule has 176 valence electrons. The zero-order valence-corrected chi connectivity index (χ0v) is 21.6. The fraction of sp³-hybridized carbons (Fsp3) is 0.708. The molecule has 3 N–H and O–H groups in total. The average molecular weight is 545 g/mol. The number of nitrogens with zero attached hydrogens (tertiary/aromatic N) is 2. The van der Waals surface area contributed by atoms with E-state index in [1.807, 2.05) is 0 Å². The van der Waals surface area contributed by atoms with Crippen molar-refractivity contribution < 1.29 is 9.84 Å². The molecule has 2 heterocycles. The Kier molecular flexibility index (Phi) is 11.6. The second-order valence-electron chi connectivity index (χ2n) is 8.91. The summed E-state index contributed by atoms with van der Waals surface area (Å²) in [5.74, 6) is 0.836. The Morgan fingerprint density at radius 3 is 2.74 bits per heavy atom. The Hall–Kier alpha value is -0.900. The summed E-state index contributed by atoms with van der Waals surface area (Å²) in [5.41, 5.74) is 2.68. The van der Waals surface area contributed by atoms with E-state index >= 15 is 0 Å². The van der Waals surface area contributed by atoms with E-state index in [2.05, 4.69) is 53.6 Å². The largest absolute Gasteiger partial charge is 0.396 e. The van der Waals surface area contributed by atoms with Gasteiger partial charge in [0.25, 0.3) is 0 Å². The van der Waals surface area contributed by atoms with Crippen LogP contribution >= 0.6 is 24.0 Å². The number of aliphatic imine (C=N–C) groups is 1. The summed E-state index contributed by atoms with van der Waals surface area (Å²) in [5, 5.41) is 16.3. The third-order valence-corrected chi connectivity index (χ3v) is 6.64. The van der Waals surface area contributed by atoms with E-state index in [-0.39, 0.29) is 36.0 Å². The third-order valence-electron chi connectivity index (χ3n) is 6.64. The highest BCUT2D eigenvalue weighted by Gasteiger charge is 2.34. The molecule has 0 saturated carbocycles. The van der Waals surface area contributed by atoms with Crippen molar-refractivity contribution in [3.05, 3.63) is 35.4 Å². The van der Waals surface area contributed by atoms with Crippen LogP contribution in [0.15, 0.2) is 29.3 Å². The molecular weight excluding hydrogens is 503 g/mol. The van der Waals surface area contributed by atoms with Gasteiger partial charge in [-0.15, -0.1) is 24.0 Å². The van der Waals surface area contributed by atoms with E-state index in [0.29, 0.717) is 19.2 Å². The normalized spacial score (nSPS) is 24.6. The number of hydrogen-bond acceptors (Lipinski definition) is 4. The summed E-state index contributed by atoms with van der Waals surface area (Å²) < 4.78 is 5.62. The number of guanidine groups is 1. The summed E-state index contributed by atoms with van der Waals surface area (Å²) in [6.45, 7) is 10.6. The predicted molar refractivity (Wildman–Crippen MR) is 138 cm³/mol. The monoisotopic (exact) mass is 544 g/mol. The standard InChI is InChI=1S/C24H40N4O2.HI/c1-3-25-23(27-18-24(11-14-29)12-15-30-19-24)26-16-21-9-4-5-10-22(21)17-28-13-7-6-8-20(28)2;/h4-5,9-10,20,29H,3,6-8,11-19H2,1-2H3,(H2,25,26,27);1H. The van der Waals surface area contributed by atoms with Crippen LogP contribution in [0.1, 0.15) is 57.1 Å². The highest BCUT2D eigenvalue weighted by atomic mass is 127. The van der Waals surface area contributed by atoms with Gasteiger partial charge in [-0.3, -0.25) is 4.90 Å². The maximum atomic E-state index is 9.46. The van der Waals surface area contributed by atoms with E-state index in [4.69, 9.17) is 9.73 Å². The first-order valence-electron chi connectivity index (χ1n) is 11.7. The maximum absolute atomic E-state index is 9.46. The average Bonchev–Trinajstić information content (AvgIpc) is 3.22. The van der Waals surface area contributed by atoms with Crippen molar-refractivity contribution >= 4 is 29.9 Å². The van der Waals surface area contributed by atoms with Gasteiger partial charge in [0.05, 0.1) is 13.2 Å². The van der Waals surface area contributed by atoms with E-state index in [0.717, 1.165) is 45.0 Å². The minimum absolute atomic E-state index is 0. The first-order valence-corrected chi connectivity index (χ1v) is 11.7. The Balaban J connectivity index is 0.00000341. The molecule has 0 radical (unpaired) electrons. The SMILES string of the molecule is CCNC(=NCc1ccccc1CN1CCCCC1C)NCC1(CCO)CCOC1.I. The van der Waals surface area contributed by atoms with Crippen LogP contribution in [0.4, 0.5) is 0 Å². The number of likely N-dealkylation sites (tertiary alicyclic amines) is 1. The lowest BCUT2D eigenvalue weighted by molar-refractivity contribution is 0.127. The van der Waals surface area contributed by atoms with Crippen molar-refractivity contribution in [2.75, 3.05) is 39.5 Å². The van der Waals surface area contributed by atoms with Gasteiger partial charge in [-0.1, -0.05) is 30.7 Å². The molecule has 2 aliphatic rings. The molecule has 3 rings (SSSR count). The van der Waals surface area contributed by atoms with Gasteiger partial charge in [0.1, 0.15) is 0 Å². The van der Waals surface area contributed by atoms with E-state index < -0.39 is 0 Å². The van der Waals surface area contributed by atoms with Crippen LogP contribution in [0.5, 0.6) is 0 Å². The molecule has 2 atom stereocenters. The first-order chi connectivity index (χ1) is 14.7. The second kappa shape index (κ2) is 13.6. The van der Waals surface area contributed by atoms with Gasteiger partial charge in [0.15, 0.2) is 5.96 Å². The van der Waals surface area contributed by atoms with Crippen LogP contribution < -0.4 is 10.6 Å². The minimum atomic E-state index is 0. The lowest BCUT2D eigenvalue weighted by Crippen LogP contribution is -2.44. The van der Waals surface area contributed by atoms with Gasteiger partial charge in [0.2, 0.25) is 0 Å². The van der Waals surface area contributed by atoms with Crippen LogP contribution in [-0.4, -0.2) is 61.5 Å². The fourth-order valence-electron chi connectivity index (χ4n) is 4.57. The quantitative estimate of drug-likeness (QED) is 0.252. The number of nitrogens with one attached hydrogen (secondary N) is 2. The van der Waals surface area contributed by atoms with Crippen LogP contribution in [0.2, 0.25) is 0 Å². The maximum Gasteiger partial charge on any atom is 0.191 e. The summed E-state index contributed by atoms with van der Waals surface area (Å²) in [6, 6.07) is 9.36. The van der Waals surface area contributed by atoms with Crippen molar-refractivity contribution in [3.8, 4) is 0 Å². The zero-order valence-electron chi connectivity index (χ0n) is 19.2. The molecule has 2 saturated heterocycles. The summed E-state index contributed by atoms with van der Waals surface area (Å²) >= 11 is 0. The first kappa shape index (κ1) is 26.4. The van der Waals surface area contributed by atoms with Gasteiger partial charge >= 0.3 is 0 Å². The van der Waals surface area contributed by atoms with Crippen molar-refractivity contribution in [2.24, 2.45) is 10.4 Å². The highest BCUT2D eigenvalue weighted by molar-refractivity contribution is 14.0. The van der Waals surface area contributed by atoms with Gasteiger partial charge in [-0.25, -0.2) is 4.99 Å². The molecule has 0 amide bonds.